The number of hydrogen-bond acceptors (Lipinski definition) is 4. The Balaban J connectivity index is 1.84. The van der Waals surface area contributed by atoms with E-state index in [2.05, 4.69) is 15.3 Å². The van der Waals surface area contributed by atoms with Gasteiger partial charge in [-0.15, -0.1) is 0 Å². The predicted octanol–water partition coefficient (Wildman–Crippen LogP) is 0.575. The number of carboxylic acid groups (broad SMARTS) is 1. The number of aromatic nitrogens is 2. The van der Waals surface area contributed by atoms with Crippen molar-refractivity contribution in [1.29, 1.82) is 0 Å². The summed E-state index contributed by atoms with van der Waals surface area (Å²) in [6, 6.07) is 8.68. The third kappa shape index (κ3) is 2.71. The van der Waals surface area contributed by atoms with Gasteiger partial charge >= 0.3 is 5.97 Å². The van der Waals surface area contributed by atoms with Crippen molar-refractivity contribution in [3.05, 3.63) is 42.4 Å². The Hall–Kier alpha value is -2.67. The van der Waals surface area contributed by atoms with Gasteiger partial charge in [-0.2, -0.15) is 0 Å². The van der Waals surface area contributed by atoms with Crippen molar-refractivity contribution in [2.24, 2.45) is 0 Å². The summed E-state index contributed by atoms with van der Waals surface area (Å²) in [5.41, 5.74) is 1.81. The lowest BCUT2D eigenvalue weighted by molar-refractivity contribution is -0.140. The van der Waals surface area contributed by atoms with Crippen LogP contribution in [-0.2, 0) is 4.79 Å². The molecule has 3 N–H and O–H groups in total. The molecule has 1 aliphatic rings. The molecule has 7 heteroatoms. The van der Waals surface area contributed by atoms with Crippen molar-refractivity contribution >= 4 is 11.9 Å². The van der Waals surface area contributed by atoms with Crippen molar-refractivity contribution in [3.8, 4) is 11.3 Å². The van der Waals surface area contributed by atoms with Gasteiger partial charge in [0.15, 0.2) is 0 Å². The number of H-pyrrole nitrogens is 1. The number of carbonyl (C=O) groups is 2. The number of carbonyl (C=O) groups excluding carboxylic acids is 1. The highest BCUT2D eigenvalue weighted by Gasteiger charge is 2.30. The maximum atomic E-state index is 12.7. The summed E-state index contributed by atoms with van der Waals surface area (Å²) >= 11 is 0. The molecule has 3 rings (SSSR count). The maximum Gasteiger partial charge on any atom is 0.322 e. The van der Waals surface area contributed by atoms with Crippen LogP contribution >= 0.6 is 0 Å². The molecule has 0 bridgehead atoms. The van der Waals surface area contributed by atoms with Crippen molar-refractivity contribution in [2.75, 3.05) is 19.6 Å². The molecule has 0 spiro atoms. The number of hydrogen-bond donors (Lipinski definition) is 3. The van der Waals surface area contributed by atoms with E-state index in [0.29, 0.717) is 24.5 Å². The Labute approximate surface area is 127 Å². The van der Waals surface area contributed by atoms with Crippen LogP contribution in [0.3, 0.4) is 0 Å². The maximum absolute atomic E-state index is 12.7. The lowest BCUT2D eigenvalue weighted by Gasteiger charge is -2.31. The Morgan fingerprint density at radius 1 is 1.27 bits per heavy atom. The number of imidazole rings is 1. The van der Waals surface area contributed by atoms with E-state index in [9.17, 15) is 9.59 Å². The van der Waals surface area contributed by atoms with Gasteiger partial charge in [0.1, 0.15) is 17.4 Å². The molecule has 22 heavy (non-hydrogen) atoms. The van der Waals surface area contributed by atoms with Gasteiger partial charge in [0.05, 0.1) is 6.33 Å². The molecular formula is C15H16N4O3. The fourth-order valence-electron chi connectivity index (χ4n) is 2.53. The minimum Gasteiger partial charge on any atom is -0.480 e. The molecule has 7 nitrogen and oxygen atoms in total. The fraction of sp³-hybridized carbons (Fsp3) is 0.267. The van der Waals surface area contributed by atoms with Crippen LogP contribution < -0.4 is 5.32 Å². The highest BCUT2D eigenvalue weighted by atomic mass is 16.4. The van der Waals surface area contributed by atoms with Gasteiger partial charge in [0.25, 0.3) is 5.91 Å². The van der Waals surface area contributed by atoms with Crippen LogP contribution in [0.25, 0.3) is 11.3 Å². The third-order valence-corrected chi connectivity index (χ3v) is 3.66. The van der Waals surface area contributed by atoms with Crippen molar-refractivity contribution < 1.29 is 14.7 Å². The summed E-state index contributed by atoms with van der Waals surface area (Å²) < 4.78 is 0. The van der Waals surface area contributed by atoms with E-state index in [-0.39, 0.29) is 12.5 Å². The number of benzene rings is 1. The smallest absolute Gasteiger partial charge is 0.322 e. The van der Waals surface area contributed by atoms with Crippen LogP contribution in [0, 0.1) is 0 Å². The Morgan fingerprint density at radius 2 is 2.05 bits per heavy atom. The van der Waals surface area contributed by atoms with Gasteiger partial charge in [-0.3, -0.25) is 9.59 Å². The highest BCUT2D eigenvalue weighted by Crippen LogP contribution is 2.21. The van der Waals surface area contributed by atoms with Crippen molar-refractivity contribution in [2.45, 2.75) is 6.04 Å². The van der Waals surface area contributed by atoms with E-state index in [1.54, 1.807) is 0 Å². The first-order valence-electron chi connectivity index (χ1n) is 7.01. The largest absolute Gasteiger partial charge is 0.480 e. The molecule has 0 radical (unpaired) electrons. The average molecular weight is 300 g/mol. The second-order valence-corrected chi connectivity index (χ2v) is 5.09. The molecule has 114 valence electrons. The number of carboxylic acids is 1. The predicted molar refractivity (Wildman–Crippen MR) is 79.4 cm³/mol. The number of nitrogens with zero attached hydrogens (tertiary/aromatic N) is 2. The van der Waals surface area contributed by atoms with Crippen LogP contribution in [0.1, 0.15) is 10.5 Å². The minimum absolute atomic E-state index is 0.140. The van der Waals surface area contributed by atoms with E-state index in [1.165, 1.54) is 11.2 Å². The molecule has 0 aliphatic carbocycles. The summed E-state index contributed by atoms with van der Waals surface area (Å²) in [6.45, 7) is 1.06. The van der Waals surface area contributed by atoms with Crippen molar-refractivity contribution in [1.82, 2.24) is 20.2 Å². The SMILES string of the molecule is O=C(O)C1CN(C(=O)c2[nH]cnc2-c2ccccc2)CCN1. The summed E-state index contributed by atoms with van der Waals surface area (Å²) in [5.74, 6) is -1.19. The zero-order chi connectivity index (χ0) is 15.5. The van der Waals surface area contributed by atoms with Crippen LogP contribution in [0.4, 0.5) is 0 Å². The van der Waals surface area contributed by atoms with Crippen LogP contribution in [-0.4, -0.2) is 57.5 Å². The van der Waals surface area contributed by atoms with E-state index >= 15 is 0 Å². The van der Waals surface area contributed by atoms with E-state index in [0.717, 1.165) is 5.56 Å². The molecule has 1 unspecified atom stereocenters. The molecule has 1 aromatic heterocycles. The Morgan fingerprint density at radius 3 is 2.77 bits per heavy atom. The first kappa shape index (κ1) is 14.3. The number of piperazine rings is 1. The van der Waals surface area contributed by atoms with Gasteiger partial charge in [0.2, 0.25) is 0 Å². The van der Waals surface area contributed by atoms with E-state index in [1.807, 2.05) is 30.3 Å². The lowest BCUT2D eigenvalue weighted by Crippen LogP contribution is -2.55. The second-order valence-electron chi connectivity index (χ2n) is 5.09. The normalized spacial score (nSPS) is 18.2. The quantitative estimate of drug-likeness (QED) is 0.770. The molecular weight excluding hydrogens is 284 g/mol. The van der Waals surface area contributed by atoms with Crippen LogP contribution in [0.5, 0.6) is 0 Å². The first-order valence-corrected chi connectivity index (χ1v) is 7.01. The van der Waals surface area contributed by atoms with E-state index < -0.39 is 12.0 Å². The molecule has 2 aromatic rings. The van der Waals surface area contributed by atoms with Crippen LogP contribution in [0.2, 0.25) is 0 Å². The molecule has 1 fully saturated rings. The molecule has 2 heterocycles. The zero-order valence-corrected chi connectivity index (χ0v) is 11.8. The zero-order valence-electron chi connectivity index (χ0n) is 11.8. The molecule has 1 amide bonds. The van der Waals surface area contributed by atoms with Gasteiger partial charge in [0, 0.05) is 25.2 Å². The third-order valence-electron chi connectivity index (χ3n) is 3.66. The molecule has 1 aromatic carbocycles. The summed E-state index contributed by atoms with van der Waals surface area (Å²) in [6.07, 6.45) is 1.48. The highest BCUT2D eigenvalue weighted by molar-refractivity contribution is 5.98. The first-order chi connectivity index (χ1) is 10.7. The summed E-state index contributed by atoms with van der Waals surface area (Å²) in [4.78, 5) is 32.4. The average Bonchev–Trinajstić information content (AvgIpc) is 3.04. The van der Waals surface area contributed by atoms with Gasteiger partial charge in [-0.1, -0.05) is 30.3 Å². The molecule has 1 aliphatic heterocycles. The Kier molecular flexibility index (Phi) is 3.88. The number of aliphatic carboxylic acids is 1. The lowest BCUT2D eigenvalue weighted by atomic mass is 10.1. The number of rotatable bonds is 3. The number of nitrogens with one attached hydrogen (secondary N) is 2. The molecule has 1 saturated heterocycles. The van der Waals surface area contributed by atoms with E-state index in [4.69, 9.17) is 5.11 Å². The standard InChI is InChI=1S/C15H16N4O3/c20-14(19-7-6-16-11(8-19)15(21)22)13-12(17-9-18-13)10-4-2-1-3-5-10/h1-5,9,11,16H,6-8H2,(H,17,18)(H,21,22). The summed E-state index contributed by atoms with van der Waals surface area (Å²) in [7, 11) is 0. The topological polar surface area (TPSA) is 98.3 Å². The minimum atomic E-state index is -0.953. The summed E-state index contributed by atoms with van der Waals surface area (Å²) in [5, 5.41) is 12.0. The molecule has 0 saturated carbocycles. The fourth-order valence-corrected chi connectivity index (χ4v) is 2.53. The van der Waals surface area contributed by atoms with Gasteiger partial charge in [-0.25, -0.2) is 4.98 Å². The molecule has 1 atom stereocenters. The van der Waals surface area contributed by atoms with Crippen LogP contribution in [0.15, 0.2) is 36.7 Å². The van der Waals surface area contributed by atoms with Gasteiger partial charge < -0.3 is 20.3 Å². The second kappa shape index (κ2) is 5.98. The monoisotopic (exact) mass is 300 g/mol. The van der Waals surface area contributed by atoms with Gasteiger partial charge in [-0.05, 0) is 0 Å². The number of aromatic amines is 1. The number of amides is 1. The van der Waals surface area contributed by atoms with Crippen molar-refractivity contribution in [3.63, 3.8) is 0 Å². The Bertz CT molecular complexity index is 683.